The summed E-state index contributed by atoms with van der Waals surface area (Å²) in [6.07, 6.45) is 1.73. The minimum atomic E-state index is -0.447. The SMILES string of the molecule is CCCc1nc(C(=O)N2CCC(C(C)O)C2)nn1-c1ccccc1F. The van der Waals surface area contributed by atoms with Gasteiger partial charge in [0.25, 0.3) is 5.91 Å². The summed E-state index contributed by atoms with van der Waals surface area (Å²) in [7, 11) is 0. The van der Waals surface area contributed by atoms with Gasteiger partial charge in [-0.15, -0.1) is 5.10 Å². The number of aliphatic hydroxyl groups is 1. The maximum Gasteiger partial charge on any atom is 0.293 e. The number of nitrogens with zero attached hydrogens (tertiary/aromatic N) is 4. The molecule has 1 aromatic carbocycles. The van der Waals surface area contributed by atoms with Crippen molar-refractivity contribution < 1.29 is 14.3 Å². The molecule has 0 bridgehead atoms. The lowest BCUT2D eigenvalue weighted by Crippen LogP contribution is -2.31. The van der Waals surface area contributed by atoms with E-state index in [-0.39, 0.29) is 17.6 Å². The Labute approximate surface area is 146 Å². The van der Waals surface area contributed by atoms with Gasteiger partial charge in [0.15, 0.2) is 0 Å². The first-order chi connectivity index (χ1) is 12.0. The van der Waals surface area contributed by atoms with Crippen LogP contribution < -0.4 is 0 Å². The maximum atomic E-state index is 14.1. The average molecular weight is 346 g/mol. The van der Waals surface area contributed by atoms with Crippen molar-refractivity contribution in [3.63, 3.8) is 0 Å². The third kappa shape index (κ3) is 3.56. The fraction of sp³-hybridized carbons (Fsp3) is 0.500. The van der Waals surface area contributed by atoms with E-state index in [9.17, 15) is 14.3 Å². The van der Waals surface area contributed by atoms with Crippen molar-refractivity contribution in [2.45, 2.75) is 39.2 Å². The van der Waals surface area contributed by atoms with Crippen LogP contribution in [0.25, 0.3) is 5.69 Å². The molecule has 7 heteroatoms. The van der Waals surface area contributed by atoms with Gasteiger partial charge in [0.2, 0.25) is 5.82 Å². The number of rotatable bonds is 5. The smallest absolute Gasteiger partial charge is 0.293 e. The molecule has 1 amide bonds. The van der Waals surface area contributed by atoms with Gasteiger partial charge in [0, 0.05) is 25.4 Å². The van der Waals surface area contributed by atoms with Crippen LogP contribution in [0.3, 0.4) is 0 Å². The standard InChI is InChI=1S/C18H23FN4O2/c1-3-6-16-20-17(18(25)22-10-9-13(11-22)12(2)24)21-23(16)15-8-5-4-7-14(15)19/h4-5,7-8,12-13,24H,3,6,9-11H2,1-2H3. The van der Waals surface area contributed by atoms with Crippen molar-refractivity contribution in [1.82, 2.24) is 19.7 Å². The molecule has 1 aliphatic heterocycles. The summed E-state index contributed by atoms with van der Waals surface area (Å²) in [5, 5.41) is 14.0. The fourth-order valence-corrected chi connectivity index (χ4v) is 3.14. The Morgan fingerprint density at radius 2 is 2.20 bits per heavy atom. The Hall–Kier alpha value is -2.28. The van der Waals surface area contributed by atoms with Gasteiger partial charge in [0.05, 0.1) is 6.10 Å². The number of aryl methyl sites for hydroxylation is 1. The quantitative estimate of drug-likeness (QED) is 0.901. The molecule has 2 aromatic rings. The molecule has 0 aliphatic carbocycles. The van der Waals surface area contributed by atoms with Crippen LogP contribution in [0.1, 0.15) is 43.1 Å². The number of amides is 1. The highest BCUT2D eigenvalue weighted by molar-refractivity contribution is 5.90. The number of carbonyl (C=O) groups is 1. The van der Waals surface area contributed by atoms with Gasteiger partial charge in [0.1, 0.15) is 17.3 Å². The van der Waals surface area contributed by atoms with Crippen LogP contribution in [-0.4, -0.2) is 49.9 Å². The number of halogens is 1. The summed E-state index contributed by atoms with van der Waals surface area (Å²) in [4.78, 5) is 18.7. The van der Waals surface area contributed by atoms with Crippen LogP contribution in [0.2, 0.25) is 0 Å². The molecule has 6 nitrogen and oxygen atoms in total. The lowest BCUT2D eigenvalue weighted by molar-refractivity contribution is 0.0750. The molecular formula is C18H23FN4O2. The van der Waals surface area contributed by atoms with Crippen LogP contribution in [0.15, 0.2) is 24.3 Å². The minimum Gasteiger partial charge on any atom is -0.393 e. The van der Waals surface area contributed by atoms with Crippen molar-refractivity contribution in [1.29, 1.82) is 0 Å². The van der Waals surface area contributed by atoms with E-state index in [1.165, 1.54) is 10.7 Å². The number of benzene rings is 1. The third-order valence-electron chi connectivity index (χ3n) is 4.61. The molecule has 0 radical (unpaired) electrons. The van der Waals surface area contributed by atoms with Crippen LogP contribution in [0.4, 0.5) is 4.39 Å². The van der Waals surface area contributed by atoms with Crippen LogP contribution in [0, 0.1) is 11.7 Å². The van der Waals surface area contributed by atoms with Gasteiger partial charge in [-0.25, -0.2) is 14.1 Å². The summed E-state index contributed by atoms with van der Waals surface area (Å²) < 4.78 is 15.6. The largest absolute Gasteiger partial charge is 0.393 e. The Bertz CT molecular complexity index is 759. The normalized spacial score (nSPS) is 18.6. The minimum absolute atomic E-state index is 0.0766. The topological polar surface area (TPSA) is 71.2 Å². The second-order valence-corrected chi connectivity index (χ2v) is 6.51. The van der Waals surface area contributed by atoms with Crippen LogP contribution in [-0.2, 0) is 6.42 Å². The van der Waals surface area contributed by atoms with E-state index in [4.69, 9.17) is 0 Å². The first-order valence-corrected chi connectivity index (χ1v) is 8.69. The van der Waals surface area contributed by atoms with Crippen LogP contribution >= 0.6 is 0 Å². The average Bonchev–Trinajstić information content (AvgIpc) is 3.22. The Morgan fingerprint density at radius 1 is 1.44 bits per heavy atom. The van der Waals surface area contributed by atoms with E-state index in [1.807, 2.05) is 6.92 Å². The van der Waals surface area contributed by atoms with E-state index in [0.717, 1.165) is 12.8 Å². The summed E-state index contributed by atoms with van der Waals surface area (Å²) in [6.45, 7) is 4.80. The molecule has 1 saturated heterocycles. The predicted octanol–water partition coefficient (Wildman–Crippen LogP) is 2.20. The summed E-state index contributed by atoms with van der Waals surface area (Å²) >= 11 is 0. The zero-order valence-electron chi connectivity index (χ0n) is 14.5. The Morgan fingerprint density at radius 3 is 2.84 bits per heavy atom. The lowest BCUT2D eigenvalue weighted by Gasteiger charge is -2.15. The zero-order valence-corrected chi connectivity index (χ0v) is 14.5. The predicted molar refractivity (Wildman–Crippen MR) is 91.0 cm³/mol. The highest BCUT2D eigenvalue weighted by Gasteiger charge is 2.32. The summed E-state index contributed by atoms with van der Waals surface area (Å²) in [5.41, 5.74) is 0.292. The van der Waals surface area contributed by atoms with E-state index in [1.54, 1.807) is 30.0 Å². The molecule has 0 saturated carbocycles. The van der Waals surface area contributed by atoms with Crippen molar-refractivity contribution in [2.75, 3.05) is 13.1 Å². The van der Waals surface area contributed by atoms with Gasteiger partial charge in [-0.2, -0.15) is 0 Å². The molecule has 0 spiro atoms. The molecular weight excluding hydrogens is 323 g/mol. The van der Waals surface area contributed by atoms with Gasteiger partial charge < -0.3 is 10.0 Å². The van der Waals surface area contributed by atoms with Gasteiger partial charge in [-0.3, -0.25) is 4.79 Å². The first kappa shape index (κ1) is 17.5. The third-order valence-corrected chi connectivity index (χ3v) is 4.61. The van der Waals surface area contributed by atoms with E-state index < -0.39 is 11.9 Å². The molecule has 25 heavy (non-hydrogen) atoms. The molecule has 134 valence electrons. The number of likely N-dealkylation sites (tertiary alicyclic amines) is 1. The molecule has 1 fully saturated rings. The monoisotopic (exact) mass is 346 g/mol. The number of hydrogen-bond donors (Lipinski definition) is 1. The molecule has 3 rings (SSSR count). The zero-order chi connectivity index (χ0) is 18.0. The number of hydrogen-bond acceptors (Lipinski definition) is 4. The fourth-order valence-electron chi connectivity index (χ4n) is 3.14. The molecule has 2 heterocycles. The molecule has 1 N–H and O–H groups in total. The molecule has 1 aromatic heterocycles. The molecule has 1 aliphatic rings. The van der Waals surface area contributed by atoms with Crippen LogP contribution in [0.5, 0.6) is 0 Å². The Kier molecular flexibility index (Phi) is 5.13. The second-order valence-electron chi connectivity index (χ2n) is 6.51. The first-order valence-electron chi connectivity index (χ1n) is 8.69. The Balaban J connectivity index is 1.89. The van der Waals surface area contributed by atoms with E-state index in [2.05, 4.69) is 10.1 Å². The van der Waals surface area contributed by atoms with Gasteiger partial charge >= 0.3 is 0 Å². The number of para-hydroxylation sites is 1. The van der Waals surface area contributed by atoms with E-state index in [0.29, 0.717) is 31.0 Å². The van der Waals surface area contributed by atoms with Gasteiger partial charge in [-0.05, 0) is 31.9 Å². The number of aromatic nitrogens is 3. The highest BCUT2D eigenvalue weighted by Crippen LogP contribution is 2.22. The highest BCUT2D eigenvalue weighted by atomic mass is 19.1. The summed E-state index contributed by atoms with van der Waals surface area (Å²) in [6, 6.07) is 6.32. The second kappa shape index (κ2) is 7.31. The molecule has 2 atom stereocenters. The van der Waals surface area contributed by atoms with Gasteiger partial charge in [-0.1, -0.05) is 19.1 Å². The van der Waals surface area contributed by atoms with Crippen molar-refractivity contribution >= 4 is 5.91 Å². The molecule has 2 unspecified atom stereocenters. The van der Waals surface area contributed by atoms with E-state index >= 15 is 0 Å². The number of aliphatic hydroxyl groups excluding tert-OH is 1. The lowest BCUT2D eigenvalue weighted by atomic mass is 10.0. The van der Waals surface area contributed by atoms with Crippen molar-refractivity contribution in [3.05, 3.63) is 41.7 Å². The van der Waals surface area contributed by atoms with Crippen molar-refractivity contribution in [2.24, 2.45) is 5.92 Å². The maximum absolute atomic E-state index is 14.1. The summed E-state index contributed by atoms with van der Waals surface area (Å²) in [5.74, 6) is 0.0579. The number of carbonyl (C=O) groups excluding carboxylic acids is 1. The van der Waals surface area contributed by atoms with Crippen molar-refractivity contribution in [3.8, 4) is 5.69 Å².